The molecule has 108 valence electrons. The molecule has 0 amide bonds. The van der Waals surface area contributed by atoms with E-state index in [1.54, 1.807) is 12.1 Å². The Morgan fingerprint density at radius 2 is 1.81 bits per heavy atom. The van der Waals surface area contributed by atoms with Crippen LogP contribution in [0.5, 0.6) is 0 Å². The molecule has 3 N–H and O–H groups in total. The highest BCUT2D eigenvalue weighted by atomic mass is 32.2. The number of hydrogen-bond donors (Lipinski definition) is 2. The van der Waals surface area contributed by atoms with Gasteiger partial charge in [-0.2, -0.15) is 5.26 Å². The molecular formula is C15H15N3O2S. The molecule has 5 nitrogen and oxygen atoms in total. The van der Waals surface area contributed by atoms with Gasteiger partial charge in [-0.25, -0.2) is 8.42 Å². The highest BCUT2D eigenvalue weighted by Gasteiger charge is 2.19. The van der Waals surface area contributed by atoms with Crippen LogP contribution in [0.25, 0.3) is 0 Å². The third-order valence-corrected chi connectivity index (χ3v) is 4.61. The van der Waals surface area contributed by atoms with Crippen molar-refractivity contribution in [1.82, 2.24) is 0 Å². The van der Waals surface area contributed by atoms with Crippen molar-refractivity contribution >= 4 is 21.4 Å². The number of rotatable bonds is 3. The van der Waals surface area contributed by atoms with Crippen molar-refractivity contribution in [3.05, 3.63) is 53.1 Å². The molecular weight excluding hydrogens is 286 g/mol. The molecule has 0 radical (unpaired) electrons. The number of anilines is 2. The topological polar surface area (TPSA) is 96.0 Å². The van der Waals surface area contributed by atoms with Crippen molar-refractivity contribution in [2.45, 2.75) is 18.7 Å². The first-order valence-corrected chi connectivity index (χ1v) is 7.71. The normalized spacial score (nSPS) is 10.9. The van der Waals surface area contributed by atoms with Crippen LogP contribution in [0, 0.1) is 25.2 Å². The van der Waals surface area contributed by atoms with Crippen molar-refractivity contribution < 1.29 is 8.42 Å². The molecule has 0 aliphatic carbocycles. The van der Waals surface area contributed by atoms with Crippen LogP contribution in [0.15, 0.2) is 41.3 Å². The van der Waals surface area contributed by atoms with E-state index in [2.05, 4.69) is 4.72 Å². The Hall–Kier alpha value is -2.52. The van der Waals surface area contributed by atoms with E-state index in [0.29, 0.717) is 11.4 Å². The van der Waals surface area contributed by atoms with Gasteiger partial charge in [0.2, 0.25) is 0 Å². The molecule has 0 saturated carbocycles. The van der Waals surface area contributed by atoms with E-state index in [1.165, 1.54) is 18.2 Å². The number of hydrogen-bond acceptors (Lipinski definition) is 4. The van der Waals surface area contributed by atoms with Crippen LogP contribution in [-0.4, -0.2) is 8.42 Å². The third-order valence-electron chi connectivity index (χ3n) is 3.17. The fourth-order valence-corrected chi connectivity index (χ4v) is 3.07. The summed E-state index contributed by atoms with van der Waals surface area (Å²) in [4.78, 5) is -0.0857. The summed E-state index contributed by atoms with van der Waals surface area (Å²) in [6, 6.07) is 11.2. The van der Waals surface area contributed by atoms with Gasteiger partial charge in [-0.1, -0.05) is 6.07 Å². The maximum atomic E-state index is 12.4. The van der Waals surface area contributed by atoms with E-state index in [-0.39, 0.29) is 10.5 Å². The largest absolute Gasteiger partial charge is 0.399 e. The highest BCUT2D eigenvalue weighted by molar-refractivity contribution is 7.92. The van der Waals surface area contributed by atoms with E-state index in [9.17, 15) is 8.42 Å². The lowest BCUT2D eigenvalue weighted by atomic mass is 10.1. The van der Waals surface area contributed by atoms with Gasteiger partial charge in [-0.15, -0.1) is 0 Å². The third kappa shape index (κ3) is 3.15. The van der Waals surface area contributed by atoms with E-state index < -0.39 is 10.0 Å². The van der Waals surface area contributed by atoms with Crippen LogP contribution < -0.4 is 10.5 Å². The summed E-state index contributed by atoms with van der Waals surface area (Å²) in [5, 5.41) is 9.06. The summed E-state index contributed by atoms with van der Waals surface area (Å²) >= 11 is 0. The van der Waals surface area contributed by atoms with Crippen LogP contribution in [0.1, 0.15) is 16.7 Å². The smallest absolute Gasteiger partial charge is 0.263 e. The van der Waals surface area contributed by atoms with Gasteiger partial charge >= 0.3 is 0 Å². The van der Waals surface area contributed by atoms with Gasteiger partial charge in [-0.3, -0.25) is 4.72 Å². The molecule has 0 fully saturated rings. The van der Waals surface area contributed by atoms with Gasteiger partial charge in [-0.05, 0) is 55.3 Å². The Balaban J connectivity index is 2.43. The van der Waals surface area contributed by atoms with Crippen molar-refractivity contribution in [1.29, 1.82) is 5.26 Å². The van der Waals surface area contributed by atoms with E-state index in [1.807, 2.05) is 26.0 Å². The van der Waals surface area contributed by atoms with Crippen LogP contribution in [0.2, 0.25) is 0 Å². The predicted molar refractivity (Wildman–Crippen MR) is 82.3 cm³/mol. The first kappa shape index (κ1) is 14.9. The van der Waals surface area contributed by atoms with E-state index >= 15 is 0 Å². The SMILES string of the molecule is Cc1ccc(NS(=O)(=O)c2ccc(N)cc2C#N)cc1C. The molecule has 0 spiro atoms. The summed E-state index contributed by atoms with van der Waals surface area (Å²) in [6.45, 7) is 3.85. The Kier molecular flexibility index (Phi) is 3.87. The van der Waals surface area contributed by atoms with Gasteiger partial charge in [0, 0.05) is 11.4 Å². The second kappa shape index (κ2) is 5.46. The highest BCUT2D eigenvalue weighted by Crippen LogP contribution is 2.22. The predicted octanol–water partition coefficient (Wildman–Crippen LogP) is 2.56. The molecule has 0 aliphatic heterocycles. The first-order valence-electron chi connectivity index (χ1n) is 6.23. The first-order chi connectivity index (χ1) is 9.83. The maximum absolute atomic E-state index is 12.4. The van der Waals surface area contributed by atoms with Crippen LogP contribution in [0.4, 0.5) is 11.4 Å². The lowest BCUT2D eigenvalue weighted by molar-refractivity contribution is 0.601. The van der Waals surface area contributed by atoms with Crippen LogP contribution in [0.3, 0.4) is 0 Å². The fraction of sp³-hybridized carbons (Fsp3) is 0.133. The second-order valence-corrected chi connectivity index (χ2v) is 6.42. The molecule has 2 rings (SSSR count). The summed E-state index contributed by atoms with van der Waals surface area (Å²) < 4.78 is 27.2. The molecule has 6 heteroatoms. The maximum Gasteiger partial charge on any atom is 0.263 e. The number of sulfonamides is 1. The molecule has 21 heavy (non-hydrogen) atoms. The Bertz CT molecular complexity index is 836. The summed E-state index contributed by atoms with van der Waals surface area (Å²) in [6.07, 6.45) is 0. The summed E-state index contributed by atoms with van der Waals surface area (Å²) in [5.74, 6) is 0. The molecule has 0 unspecified atom stereocenters. The zero-order valence-corrected chi connectivity index (χ0v) is 12.5. The Morgan fingerprint density at radius 3 is 2.43 bits per heavy atom. The summed E-state index contributed by atoms with van der Waals surface area (Å²) in [5.41, 5.74) is 8.44. The Morgan fingerprint density at radius 1 is 1.10 bits per heavy atom. The molecule has 0 bridgehead atoms. The minimum absolute atomic E-state index is 0.0198. The average molecular weight is 301 g/mol. The number of nitrogen functional groups attached to an aromatic ring is 1. The zero-order valence-electron chi connectivity index (χ0n) is 11.7. The number of nitrogens with two attached hydrogens (primary N) is 1. The standard InChI is InChI=1S/C15H15N3O2S/c1-10-3-5-14(7-11(10)2)18-21(19,20)15-6-4-13(17)8-12(15)9-16/h3-8,18H,17H2,1-2H3. The molecule has 2 aromatic carbocycles. The number of aryl methyl sites for hydroxylation is 2. The molecule has 0 saturated heterocycles. The summed E-state index contributed by atoms with van der Waals surface area (Å²) in [7, 11) is -3.83. The van der Waals surface area contributed by atoms with E-state index in [0.717, 1.165) is 11.1 Å². The quantitative estimate of drug-likeness (QED) is 0.851. The number of nitrogens with zero attached hydrogens (tertiary/aromatic N) is 1. The van der Waals surface area contributed by atoms with Gasteiger partial charge in [0.15, 0.2) is 0 Å². The minimum Gasteiger partial charge on any atom is -0.399 e. The van der Waals surface area contributed by atoms with E-state index in [4.69, 9.17) is 11.0 Å². The van der Waals surface area contributed by atoms with Gasteiger partial charge < -0.3 is 5.73 Å². The zero-order chi connectivity index (χ0) is 15.6. The van der Waals surface area contributed by atoms with Crippen molar-refractivity contribution in [3.8, 4) is 6.07 Å². The van der Waals surface area contributed by atoms with Gasteiger partial charge in [0.1, 0.15) is 11.0 Å². The van der Waals surface area contributed by atoms with Crippen molar-refractivity contribution in [3.63, 3.8) is 0 Å². The number of nitrogens with one attached hydrogen (secondary N) is 1. The second-order valence-electron chi connectivity index (χ2n) is 4.77. The molecule has 0 heterocycles. The monoisotopic (exact) mass is 301 g/mol. The molecule has 0 aromatic heterocycles. The number of benzene rings is 2. The Labute approximate surface area is 124 Å². The number of nitriles is 1. The minimum atomic E-state index is -3.83. The molecule has 0 atom stereocenters. The van der Waals surface area contributed by atoms with Crippen molar-refractivity contribution in [2.24, 2.45) is 0 Å². The molecule has 2 aromatic rings. The average Bonchev–Trinajstić information content (AvgIpc) is 2.42. The van der Waals surface area contributed by atoms with Gasteiger partial charge in [0.25, 0.3) is 10.0 Å². The van der Waals surface area contributed by atoms with Crippen molar-refractivity contribution in [2.75, 3.05) is 10.5 Å². The van der Waals surface area contributed by atoms with Gasteiger partial charge in [0.05, 0.1) is 5.56 Å². The lowest BCUT2D eigenvalue weighted by Gasteiger charge is -2.11. The van der Waals surface area contributed by atoms with Crippen LogP contribution in [-0.2, 0) is 10.0 Å². The van der Waals surface area contributed by atoms with Crippen LogP contribution >= 0.6 is 0 Å². The fourth-order valence-electron chi connectivity index (χ4n) is 1.88. The lowest BCUT2D eigenvalue weighted by Crippen LogP contribution is -2.14. The molecule has 0 aliphatic rings.